The van der Waals surface area contributed by atoms with Gasteiger partial charge in [-0.2, -0.15) is 0 Å². The Morgan fingerprint density at radius 2 is 1.88 bits per heavy atom. The average molecular weight is 304 g/mol. The Hall–Kier alpha value is -0.780. The molecule has 4 nitrogen and oxygen atoms in total. The molecule has 0 aliphatic carbocycles. The first-order valence-corrected chi connectivity index (χ1v) is 6.23. The summed E-state index contributed by atoms with van der Waals surface area (Å²) in [5.41, 5.74) is 0.781. The molecule has 1 unspecified atom stereocenters. The van der Waals surface area contributed by atoms with Gasteiger partial charge in [-0.3, -0.25) is 0 Å². The van der Waals surface area contributed by atoms with Crippen LogP contribution in [-0.4, -0.2) is 32.4 Å². The molecule has 1 aromatic carbocycles. The fraction of sp³-hybridized carbons (Fsp3) is 0.500. The van der Waals surface area contributed by atoms with Gasteiger partial charge in [0.2, 0.25) is 0 Å². The molecule has 0 heterocycles. The Labute approximate surface area is 110 Å². The number of aliphatic hydroxyl groups excluding tert-OH is 1. The molecule has 0 aliphatic heterocycles. The van der Waals surface area contributed by atoms with Gasteiger partial charge in [-0.25, -0.2) is 0 Å². The Morgan fingerprint density at radius 1 is 1.29 bits per heavy atom. The maximum atomic E-state index is 10.0. The highest BCUT2D eigenvalue weighted by molar-refractivity contribution is 9.10. The highest BCUT2D eigenvalue weighted by Gasteiger charge is 2.15. The first-order valence-electron chi connectivity index (χ1n) is 5.44. The van der Waals surface area contributed by atoms with E-state index in [0.29, 0.717) is 18.0 Å². The summed E-state index contributed by atoms with van der Waals surface area (Å²) < 4.78 is 11.2. The monoisotopic (exact) mass is 303 g/mol. The molecule has 0 aliphatic rings. The standard InChI is InChI=1S/C12H18BrNO3/c1-4-14-7-10(15)8-5-11(16-2)12(17-3)6-9(8)13/h5-6,10,14-15H,4,7H2,1-3H3. The second-order valence-electron chi connectivity index (χ2n) is 3.55. The number of hydrogen-bond acceptors (Lipinski definition) is 4. The van der Waals surface area contributed by atoms with Crippen molar-refractivity contribution in [1.82, 2.24) is 5.32 Å². The summed E-state index contributed by atoms with van der Waals surface area (Å²) >= 11 is 3.42. The number of benzene rings is 1. The van der Waals surface area contributed by atoms with E-state index in [1.807, 2.05) is 6.92 Å². The van der Waals surface area contributed by atoms with Crippen molar-refractivity contribution in [2.45, 2.75) is 13.0 Å². The van der Waals surface area contributed by atoms with Gasteiger partial charge < -0.3 is 19.9 Å². The average Bonchev–Trinajstić information content (AvgIpc) is 2.35. The van der Waals surface area contributed by atoms with E-state index in [1.54, 1.807) is 26.4 Å². The summed E-state index contributed by atoms with van der Waals surface area (Å²) in [6, 6.07) is 3.58. The Balaban J connectivity index is 2.99. The number of likely N-dealkylation sites (N-methyl/N-ethyl adjacent to an activating group) is 1. The number of hydrogen-bond donors (Lipinski definition) is 2. The zero-order valence-electron chi connectivity index (χ0n) is 10.3. The van der Waals surface area contributed by atoms with Crippen molar-refractivity contribution in [3.05, 3.63) is 22.2 Å². The van der Waals surface area contributed by atoms with E-state index in [-0.39, 0.29) is 0 Å². The van der Waals surface area contributed by atoms with E-state index in [4.69, 9.17) is 9.47 Å². The minimum Gasteiger partial charge on any atom is -0.493 e. The van der Waals surface area contributed by atoms with Gasteiger partial charge in [-0.05, 0) is 24.2 Å². The van der Waals surface area contributed by atoms with Gasteiger partial charge in [0.1, 0.15) is 0 Å². The second kappa shape index (κ2) is 6.83. The Morgan fingerprint density at radius 3 is 2.41 bits per heavy atom. The number of methoxy groups -OCH3 is 2. The largest absolute Gasteiger partial charge is 0.493 e. The lowest BCUT2D eigenvalue weighted by atomic mass is 10.1. The van der Waals surface area contributed by atoms with Gasteiger partial charge in [0.05, 0.1) is 20.3 Å². The van der Waals surface area contributed by atoms with E-state index < -0.39 is 6.10 Å². The smallest absolute Gasteiger partial charge is 0.161 e. The van der Waals surface area contributed by atoms with Crippen molar-refractivity contribution in [2.75, 3.05) is 27.3 Å². The van der Waals surface area contributed by atoms with Crippen LogP contribution in [0, 0.1) is 0 Å². The molecule has 5 heteroatoms. The topological polar surface area (TPSA) is 50.7 Å². The van der Waals surface area contributed by atoms with Crippen LogP contribution in [-0.2, 0) is 0 Å². The van der Waals surface area contributed by atoms with Crippen LogP contribution in [0.5, 0.6) is 11.5 Å². The number of rotatable bonds is 6. The van der Waals surface area contributed by atoms with E-state index in [1.165, 1.54) is 0 Å². The Kier molecular flexibility index (Phi) is 5.74. The van der Waals surface area contributed by atoms with Crippen LogP contribution in [0.1, 0.15) is 18.6 Å². The van der Waals surface area contributed by atoms with Crippen LogP contribution in [0.3, 0.4) is 0 Å². The van der Waals surface area contributed by atoms with Gasteiger partial charge >= 0.3 is 0 Å². The van der Waals surface area contributed by atoms with E-state index >= 15 is 0 Å². The van der Waals surface area contributed by atoms with Crippen molar-refractivity contribution in [2.24, 2.45) is 0 Å². The molecule has 1 rings (SSSR count). The highest BCUT2D eigenvalue weighted by Crippen LogP contribution is 2.35. The quantitative estimate of drug-likeness (QED) is 0.845. The molecule has 0 amide bonds. The molecule has 0 aromatic heterocycles. The zero-order chi connectivity index (χ0) is 12.8. The molecule has 1 atom stereocenters. The van der Waals surface area contributed by atoms with Gasteiger partial charge in [-0.1, -0.05) is 22.9 Å². The summed E-state index contributed by atoms with van der Waals surface area (Å²) in [6.07, 6.45) is -0.580. The lowest BCUT2D eigenvalue weighted by molar-refractivity contribution is 0.174. The van der Waals surface area contributed by atoms with Crippen molar-refractivity contribution < 1.29 is 14.6 Å². The fourth-order valence-corrected chi connectivity index (χ4v) is 2.10. The number of nitrogens with one attached hydrogen (secondary N) is 1. The van der Waals surface area contributed by atoms with E-state index in [9.17, 15) is 5.11 Å². The summed E-state index contributed by atoms with van der Waals surface area (Å²) in [7, 11) is 3.16. The lowest BCUT2D eigenvalue weighted by Crippen LogP contribution is -2.21. The van der Waals surface area contributed by atoms with Crippen LogP contribution in [0.2, 0.25) is 0 Å². The van der Waals surface area contributed by atoms with E-state index in [2.05, 4.69) is 21.2 Å². The van der Waals surface area contributed by atoms with Gasteiger partial charge in [0.15, 0.2) is 11.5 Å². The maximum absolute atomic E-state index is 10.0. The number of ether oxygens (including phenoxy) is 2. The normalized spacial score (nSPS) is 12.3. The molecule has 1 aromatic rings. The first kappa shape index (κ1) is 14.3. The molecule has 0 bridgehead atoms. The molecule has 2 N–H and O–H groups in total. The minimum atomic E-state index is -0.580. The summed E-state index contributed by atoms with van der Waals surface area (Å²) in [6.45, 7) is 3.32. The predicted octanol–water partition coefficient (Wildman–Crippen LogP) is 2.11. The zero-order valence-corrected chi connectivity index (χ0v) is 11.9. The second-order valence-corrected chi connectivity index (χ2v) is 4.41. The van der Waals surface area contributed by atoms with Crippen LogP contribution in [0.25, 0.3) is 0 Å². The molecule has 17 heavy (non-hydrogen) atoms. The molecule has 0 fully saturated rings. The SMILES string of the molecule is CCNCC(O)c1cc(OC)c(OC)cc1Br. The van der Waals surface area contributed by atoms with E-state index in [0.717, 1.165) is 16.6 Å². The predicted molar refractivity (Wildman–Crippen MR) is 70.7 cm³/mol. The van der Waals surface area contributed by atoms with Crippen LogP contribution in [0.4, 0.5) is 0 Å². The molecule has 96 valence electrons. The van der Waals surface area contributed by atoms with Gasteiger partial charge in [0, 0.05) is 11.0 Å². The van der Waals surface area contributed by atoms with Gasteiger partial charge in [-0.15, -0.1) is 0 Å². The molecular formula is C12H18BrNO3. The molecule has 0 saturated heterocycles. The molecule has 0 saturated carbocycles. The van der Waals surface area contributed by atoms with Crippen LogP contribution < -0.4 is 14.8 Å². The minimum absolute atomic E-state index is 0.505. The molecular weight excluding hydrogens is 286 g/mol. The van der Waals surface area contributed by atoms with Crippen molar-refractivity contribution in [3.8, 4) is 11.5 Å². The van der Waals surface area contributed by atoms with Crippen molar-refractivity contribution in [3.63, 3.8) is 0 Å². The number of aliphatic hydroxyl groups is 1. The maximum Gasteiger partial charge on any atom is 0.161 e. The third-order valence-corrected chi connectivity index (χ3v) is 3.14. The lowest BCUT2D eigenvalue weighted by Gasteiger charge is -2.16. The van der Waals surface area contributed by atoms with Crippen molar-refractivity contribution >= 4 is 15.9 Å². The summed E-state index contributed by atoms with van der Waals surface area (Å²) in [5, 5.41) is 13.1. The van der Waals surface area contributed by atoms with Crippen LogP contribution >= 0.6 is 15.9 Å². The summed E-state index contributed by atoms with van der Waals surface area (Å²) in [4.78, 5) is 0. The fourth-order valence-electron chi connectivity index (χ4n) is 1.52. The highest BCUT2D eigenvalue weighted by atomic mass is 79.9. The molecule has 0 radical (unpaired) electrons. The third kappa shape index (κ3) is 3.59. The van der Waals surface area contributed by atoms with Gasteiger partial charge in [0.25, 0.3) is 0 Å². The Bertz CT molecular complexity index is 371. The third-order valence-electron chi connectivity index (χ3n) is 2.45. The van der Waals surface area contributed by atoms with Crippen LogP contribution in [0.15, 0.2) is 16.6 Å². The summed E-state index contributed by atoms with van der Waals surface area (Å²) in [5.74, 6) is 1.25. The number of halogens is 1. The first-order chi connectivity index (χ1) is 8.13. The van der Waals surface area contributed by atoms with Crippen molar-refractivity contribution in [1.29, 1.82) is 0 Å². The molecule has 0 spiro atoms.